The lowest BCUT2D eigenvalue weighted by atomic mass is 10.0. The molecular formula is C23H33NO6SSi. The third kappa shape index (κ3) is 8.38. The molecule has 0 fully saturated rings. The van der Waals surface area contributed by atoms with E-state index in [-0.39, 0.29) is 18.3 Å². The van der Waals surface area contributed by atoms with Gasteiger partial charge in [-0.05, 0) is 41.4 Å². The molecule has 0 radical (unpaired) electrons. The third-order valence-electron chi connectivity index (χ3n) is 5.68. The van der Waals surface area contributed by atoms with Crippen molar-refractivity contribution in [3.63, 3.8) is 0 Å². The van der Waals surface area contributed by atoms with Crippen molar-refractivity contribution in [2.75, 3.05) is 17.7 Å². The van der Waals surface area contributed by atoms with E-state index in [2.05, 4.69) is 39.2 Å². The molecule has 0 aromatic heterocycles. The molecule has 1 unspecified atom stereocenters. The zero-order valence-electron chi connectivity index (χ0n) is 19.3. The van der Waals surface area contributed by atoms with Crippen LogP contribution in [0.15, 0.2) is 54.6 Å². The van der Waals surface area contributed by atoms with Crippen molar-refractivity contribution in [1.82, 2.24) is 0 Å². The molecule has 0 aliphatic rings. The van der Waals surface area contributed by atoms with E-state index in [1.54, 1.807) is 24.3 Å². The number of amides is 1. The number of ether oxygens (including phenoxy) is 1. The molecule has 2 aromatic carbocycles. The van der Waals surface area contributed by atoms with Gasteiger partial charge in [0.05, 0.1) is 5.75 Å². The Balaban J connectivity index is 2.11. The zero-order valence-corrected chi connectivity index (χ0v) is 21.1. The van der Waals surface area contributed by atoms with Crippen molar-refractivity contribution in [3.05, 3.63) is 65.7 Å². The summed E-state index contributed by atoms with van der Waals surface area (Å²) in [7, 11) is -6.35. The zero-order chi connectivity index (χ0) is 24.0. The van der Waals surface area contributed by atoms with Crippen molar-refractivity contribution in [2.45, 2.75) is 51.4 Å². The first-order valence-electron chi connectivity index (χ1n) is 10.4. The van der Waals surface area contributed by atoms with Crippen LogP contribution in [0.3, 0.4) is 0 Å². The summed E-state index contributed by atoms with van der Waals surface area (Å²) < 4.78 is 44.2. The molecule has 0 saturated heterocycles. The highest BCUT2D eigenvalue weighted by Gasteiger charge is 2.38. The number of nitrogens with one attached hydrogen (secondary N) is 1. The molecule has 0 spiro atoms. The van der Waals surface area contributed by atoms with Crippen LogP contribution in [0.5, 0.6) is 0 Å². The van der Waals surface area contributed by atoms with Gasteiger partial charge in [-0.3, -0.25) is 9.87 Å². The van der Waals surface area contributed by atoms with Crippen molar-refractivity contribution in [3.8, 4) is 0 Å². The first kappa shape index (κ1) is 26.1. The first-order valence-corrected chi connectivity index (χ1v) is 15.0. The van der Waals surface area contributed by atoms with Gasteiger partial charge in [-0.1, -0.05) is 63.2 Å². The van der Waals surface area contributed by atoms with Crippen molar-refractivity contribution >= 4 is 30.2 Å². The van der Waals surface area contributed by atoms with Gasteiger partial charge in [0.25, 0.3) is 10.1 Å². The van der Waals surface area contributed by atoms with E-state index in [1.165, 1.54) is 0 Å². The molecule has 0 saturated carbocycles. The molecule has 0 aliphatic heterocycles. The van der Waals surface area contributed by atoms with Crippen LogP contribution in [-0.4, -0.2) is 39.7 Å². The van der Waals surface area contributed by atoms with Crippen molar-refractivity contribution in [2.24, 2.45) is 0 Å². The Morgan fingerprint density at radius 2 is 1.75 bits per heavy atom. The van der Waals surface area contributed by atoms with Gasteiger partial charge in [0.1, 0.15) is 6.61 Å². The standard InChI is InChI=1S/C23H33NO6SSi/c1-23(2,3)32(4,5)30-16-20(17-31(26,27)28)19-12-9-13-21(14-19)24-22(25)29-15-18-10-7-6-8-11-18/h6-14,20H,15-17H2,1-5H3,(H,24,25)(H,26,27,28). The maximum absolute atomic E-state index is 12.2. The van der Waals surface area contributed by atoms with Crippen LogP contribution in [0.2, 0.25) is 18.1 Å². The van der Waals surface area contributed by atoms with Gasteiger partial charge < -0.3 is 9.16 Å². The number of rotatable bonds is 9. The van der Waals surface area contributed by atoms with Gasteiger partial charge in [-0.15, -0.1) is 0 Å². The summed E-state index contributed by atoms with van der Waals surface area (Å²) >= 11 is 0. The molecule has 0 bridgehead atoms. The molecular weight excluding hydrogens is 446 g/mol. The van der Waals surface area contributed by atoms with E-state index in [1.807, 2.05) is 30.3 Å². The lowest BCUT2D eigenvalue weighted by molar-refractivity contribution is 0.155. The average molecular weight is 480 g/mol. The monoisotopic (exact) mass is 479 g/mol. The Morgan fingerprint density at radius 3 is 2.34 bits per heavy atom. The van der Waals surface area contributed by atoms with E-state index < -0.39 is 36.2 Å². The van der Waals surface area contributed by atoms with Gasteiger partial charge in [-0.2, -0.15) is 8.42 Å². The molecule has 32 heavy (non-hydrogen) atoms. The van der Waals surface area contributed by atoms with Gasteiger partial charge in [-0.25, -0.2) is 4.79 Å². The van der Waals surface area contributed by atoms with E-state index in [4.69, 9.17) is 9.16 Å². The highest BCUT2D eigenvalue weighted by molar-refractivity contribution is 7.85. The fraction of sp³-hybridized carbons (Fsp3) is 0.435. The molecule has 1 atom stereocenters. The summed E-state index contributed by atoms with van der Waals surface area (Å²) in [5.74, 6) is -1.05. The number of hydrogen-bond donors (Lipinski definition) is 2. The summed E-state index contributed by atoms with van der Waals surface area (Å²) in [6, 6.07) is 16.2. The second kappa shape index (κ2) is 10.6. The number of carbonyl (C=O) groups excluding carboxylic acids is 1. The second-order valence-electron chi connectivity index (χ2n) is 9.33. The van der Waals surface area contributed by atoms with Gasteiger partial charge in [0.15, 0.2) is 8.32 Å². The fourth-order valence-corrected chi connectivity index (χ4v) is 4.62. The summed E-state index contributed by atoms with van der Waals surface area (Å²) in [5.41, 5.74) is 1.97. The number of anilines is 1. The van der Waals surface area contributed by atoms with Gasteiger partial charge in [0.2, 0.25) is 0 Å². The minimum Gasteiger partial charge on any atom is -0.444 e. The highest BCUT2D eigenvalue weighted by Crippen LogP contribution is 2.37. The number of benzene rings is 2. The minimum atomic E-state index is -4.23. The molecule has 9 heteroatoms. The van der Waals surface area contributed by atoms with E-state index in [0.29, 0.717) is 11.3 Å². The van der Waals surface area contributed by atoms with Crippen LogP contribution < -0.4 is 5.32 Å². The maximum Gasteiger partial charge on any atom is 0.411 e. The smallest absolute Gasteiger partial charge is 0.411 e. The number of carbonyl (C=O) groups is 1. The molecule has 176 valence electrons. The Labute approximate surface area is 192 Å². The topological polar surface area (TPSA) is 102 Å². The normalized spacial score (nSPS) is 13.4. The van der Waals surface area contributed by atoms with Crippen LogP contribution in [0, 0.1) is 0 Å². The van der Waals surface area contributed by atoms with Gasteiger partial charge >= 0.3 is 6.09 Å². The Bertz CT molecular complexity index is 1000. The van der Waals surface area contributed by atoms with E-state index >= 15 is 0 Å². The predicted molar refractivity (Wildman–Crippen MR) is 129 cm³/mol. The van der Waals surface area contributed by atoms with Crippen LogP contribution in [0.1, 0.15) is 37.8 Å². The van der Waals surface area contributed by atoms with Crippen molar-refractivity contribution < 1.29 is 26.9 Å². The lowest BCUT2D eigenvalue weighted by Gasteiger charge is -2.37. The molecule has 2 aromatic rings. The molecule has 0 aliphatic carbocycles. The van der Waals surface area contributed by atoms with E-state index in [9.17, 15) is 17.8 Å². The van der Waals surface area contributed by atoms with Crippen LogP contribution in [0.25, 0.3) is 0 Å². The molecule has 2 N–H and O–H groups in total. The van der Waals surface area contributed by atoms with Crippen LogP contribution in [-0.2, 0) is 25.9 Å². The summed E-state index contributed by atoms with van der Waals surface area (Å²) in [6.45, 7) is 10.8. The molecule has 0 heterocycles. The predicted octanol–water partition coefficient (Wildman–Crippen LogP) is 5.43. The highest BCUT2D eigenvalue weighted by atomic mass is 32.2. The Kier molecular flexibility index (Phi) is 8.64. The lowest BCUT2D eigenvalue weighted by Crippen LogP contribution is -2.42. The summed E-state index contributed by atoms with van der Waals surface area (Å²) in [6.07, 6.45) is -0.616. The van der Waals surface area contributed by atoms with Crippen LogP contribution >= 0.6 is 0 Å². The first-order chi connectivity index (χ1) is 14.8. The minimum absolute atomic E-state index is 0.0401. The van der Waals surface area contributed by atoms with E-state index in [0.717, 1.165) is 5.56 Å². The van der Waals surface area contributed by atoms with Crippen LogP contribution in [0.4, 0.5) is 10.5 Å². The molecule has 2 rings (SSSR count). The second-order valence-corrected chi connectivity index (χ2v) is 15.6. The average Bonchev–Trinajstić information content (AvgIpc) is 2.69. The van der Waals surface area contributed by atoms with Crippen molar-refractivity contribution in [1.29, 1.82) is 0 Å². The quantitative estimate of drug-likeness (QED) is 0.367. The Hall–Kier alpha value is -2.20. The summed E-state index contributed by atoms with van der Waals surface area (Å²) in [4.78, 5) is 12.2. The third-order valence-corrected chi connectivity index (χ3v) is 11.0. The maximum atomic E-state index is 12.2. The SMILES string of the molecule is CC(C)(C)[Si](C)(C)OCC(CS(=O)(=O)O)c1cccc(NC(=O)OCc2ccccc2)c1. The number of hydrogen-bond acceptors (Lipinski definition) is 5. The molecule has 1 amide bonds. The fourth-order valence-electron chi connectivity index (χ4n) is 2.77. The Morgan fingerprint density at radius 1 is 1.09 bits per heavy atom. The largest absolute Gasteiger partial charge is 0.444 e. The van der Waals surface area contributed by atoms with Gasteiger partial charge in [0, 0.05) is 18.2 Å². The summed E-state index contributed by atoms with van der Waals surface area (Å²) in [5, 5.41) is 2.62. The molecule has 7 nitrogen and oxygen atoms in total.